The minimum Gasteiger partial charge on any atom is -0.504 e. The second kappa shape index (κ2) is 9.78. The molecule has 3 aliphatic carbocycles. The van der Waals surface area contributed by atoms with Crippen molar-refractivity contribution in [2.75, 3.05) is 7.11 Å². The molecule has 2 fully saturated rings. The molecule has 37 heavy (non-hydrogen) atoms. The van der Waals surface area contributed by atoms with Crippen LogP contribution < -0.4 is 4.74 Å². The Balaban J connectivity index is 1.42. The molecule has 198 valence electrons. The lowest BCUT2D eigenvalue weighted by Crippen LogP contribution is -2.43. The largest absolute Gasteiger partial charge is 0.504 e. The van der Waals surface area contributed by atoms with Gasteiger partial charge in [-0.3, -0.25) is 0 Å². The van der Waals surface area contributed by atoms with Crippen LogP contribution in [0.4, 0.5) is 13.2 Å². The Bertz CT molecular complexity index is 1230. The molecule has 0 unspecified atom stereocenters. The van der Waals surface area contributed by atoms with Crippen molar-refractivity contribution in [2.45, 2.75) is 62.0 Å². The second-order valence-electron chi connectivity index (χ2n) is 10.2. The van der Waals surface area contributed by atoms with Crippen LogP contribution >= 0.6 is 11.8 Å². The van der Waals surface area contributed by atoms with Gasteiger partial charge in [-0.05, 0) is 97.0 Å². The molecule has 0 radical (unpaired) electrons. The molecule has 0 bridgehead atoms. The second-order valence-corrected chi connectivity index (χ2v) is 11.4. The zero-order chi connectivity index (χ0) is 26.4. The SMILES string of the molecule is COc1cc2c(cc1O)/C(=N/OCc1ccc(SC(F)(F)F)cc1)C[C@@H]1[C@@H]2CC[C@]2(C)/C(=N\O)CC[C@@H]12. The third-order valence-corrected chi connectivity index (χ3v) is 9.09. The number of hydrogen-bond donors (Lipinski definition) is 2. The summed E-state index contributed by atoms with van der Waals surface area (Å²) in [6, 6.07) is 9.59. The predicted molar refractivity (Wildman–Crippen MR) is 134 cm³/mol. The van der Waals surface area contributed by atoms with Crippen LogP contribution in [0.5, 0.6) is 11.5 Å². The van der Waals surface area contributed by atoms with Crippen molar-refractivity contribution < 1.29 is 33.1 Å². The van der Waals surface area contributed by atoms with E-state index in [0.29, 0.717) is 23.7 Å². The highest BCUT2D eigenvalue weighted by Crippen LogP contribution is 2.60. The lowest BCUT2D eigenvalue weighted by atomic mass is 9.55. The van der Waals surface area contributed by atoms with E-state index in [-0.39, 0.29) is 46.3 Å². The Morgan fingerprint density at radius 1 is 1.16 bits per heavy atom. The summed E-state index contributed by atoms with van der Waals surface area (Å²) in [6.07, 6.45) is 4.22. The first-order valence-electron chi connectivity index (χ1n) is 12.3. The number of rotatable bonds is 5. The first-order valence-corrected chi connectivity index (χ1v) is 13.1. The normalized spacial score (nSPS) is 29.1. The minimum absolute atomic E-state index is 0.0290. The quantitative estimate of drug-likeness (QED) is 0.243. The molecule has 2 aromatic carbocycles. The number of oxime groups is 2. The average molecular weight is 535 g/mol. The van der Waals surface area contributed by atoms with Crippen LogP contribution in [0.1, 0.15) is 61.6 Å². The number of methoxy groups -OCH3 is 1. The van der Waals surface area contributed by atoms with Gasteiger partial charge >= 0.3 is 5.51 Å². The van der Waals surface area contributed by atoms with Gasteiger partial charge in [0.2, 0.25) is 0 Å². The van der Waals surface area contributed by atoms with E-state index >= 15 is 0 Å². The molecule has 0 aromatic heterocycles. The molecule has 3 aliphatic rings. The molecule has 0 aliphatic heterocycles. The maximum Gasteiger partial charge on any atom is 0.446 e. The molecule has 2 aromatic rings. The Labute approximate surface area is 217 Å². The lowest BCUT2D eigenvalue weighted by Gasteiger charge is -2.48. The predicted octanol–water partition coefficient (Wildman–Crippen LogP) is 7.08. The summed E-state index contributed by atoms with van der Waals surface area (Å²) >= 11 is -0.154. The van der Waals surface area contributed by atoms with Crippen molar-refractivity contribution >= 4 is 23.2 Å². The summed E-state index contributed by atoms with van der Waals surface area (Å²) in [5.41, 5.74) is -0.303. The van der Waals surface area contributed by atoms with E-state index < -0.39 is 5.51 Å². The number of fused-ring (bicyclic) bond motifs is 5. The monoisotopic (exact) mass is 534 g/mol. The molecule has 6 nitrogen and oxygen atoms in total. The number of hydrogen-bond acceptors (Lipinski definition) is 7. The van der Waals surface area contributed by atoms with Gasteiger partial charge in [-0.2, -0.15) is 13.2 Å². The minimum atomic E-state index is -4.33. The third kappa shape index (κ3) is 4.87. The Kier molecular flexibility index (Phi) is 6.81. The van der Waals surface area contributed by atoms with Crippen molar-refractivity contribution in [1.82, 2.24) is 0 Å². The van der Waals surface area contributed by atoms with Crippen LogP contribution in [0.2, 0.25) is 0 Å². The van der Waals surface area contributed by atoms with Crippen molar-refractivity contribution in [2.24, 2.45) is 27.6 Å². The first kappa shape index (κ1) is 25.8. The van der Waals surface area contributed by atoms with Gasteiger partial charge in [-0.1, -0.05) is 29.4 Å². The van der Waals surface area contributed by atoms with Gasteiger partial charge in [0, 0.05) is 15.9 Å². The molecule has 2 N–H and O–H groups in total. The number of ether oxygens (including phenoxy) is 1. The van der Waals surface area contributed by atoms with Crippen molar-refractivity contribution in [3.05, 3.63) is 53.1 Å². The number of thioether (sulfide) groups is 1. The Morgan fingerprint density at radius 3 is 2.59 bits per heavy atom. The first-order chi connectivity index (χ1) is 17.6. The van der Waals surface area contributed by atoms with Gasteiger partial charge in [0.05, 0.1) is 18.5 Å². The molecule has 0 saturated heterocycles. The van der Waals surface area contributed by atoms with Gasteiger partial charge in [-0.15, -0.1) is 0 Å². The molecule has 0 spiro atoms. The van der Waals surface area contributed by atoms with Crippen LogP contribution in [0.15, 0.2) is 51.6 Å². The summed E-state index contributed by atoms with van der Waals surface area (Å²) < 4.78 is 43.2. The van der Waals surface area contributed by atoms with E-state index in [1.54, 1.807) is 18.2 Å². The number of aromatic hydroxyl groups is 1. The highest BCUT2D eigenvalue weighted by molar-refractivity contribution is 8.00. The van der Waals surface area contributed by atoms with Gasteiger partial charge in [0.1, 0.15) is 6.61 Å². The Hall–Kier alpha value is -2.88. The molecule has 4 atom stereocenters. The van der Waals surface area contributed by atoms with Gasteiger partial charge in [-0.25, -0.2) is 0 Å². The number of halogens is 3. The fourth-order valence-corrected chi connectivity index (χ4v) is 7.15. The molecular formula is C27H29F3N2O4S. The molecule has 0 heterocycles. The number of phenolic OH excluding ortho intramolecular Hbond substituents is 1. The number of phenols is 1. The molecular weight excluding hydrogens is 505 g/mol. The summed E-state index contributed by atoms with van der Waals surface area (Å²) in [7, 11) is 1.53. The molecule has 10 heteroatoms. The Morgan fingerprint density at radius 2 is 1.92 bits per heavy atom. The van der Waals surface area contributed by atoms with E-state index in [2.05, 4.69) is 17.2 Å². The number of nitrogens with zero attached hydrogens (tertiary/aromatic N) is 2. The number of benzene rings is 2. The summed E-state index contributed by atoms with van der Waals surface area (Å²) in [4.78, 5) is 5.81. The average Bonchev–Trinajstić information content (AvgIpc) is 3.20. The van der Waals surface area contributed by atoms with E-state index in [9.17, 15) is 23.5 Å². The lowest BCUT2D eigenvalue weighted by molar-refractivity contribution is -0.0328. The zero-order valence-corrected chi connectivity index (χ0v) is 21.4. The third-order valence-electron chi connectivity index (χ3n) is 8.35. The summed E-state index contributed by atoms with van der Waals surface area (Å²) in [6.45, 7) is 2.30. The fourth-order valence-electron chi connectivity index (χ4n) is 6.61. The van der Waals surface area contributed by atoms with Crippen molar-refractivity contribution in [3.8, 4) is 11.5 Å². The van der Waals surface area contributed by atoms with Gasteiger partial charge in [0.15, 0.2) is 11.5 Å². The maximum absolute atomic E-state index is 12.6. The molecule has 2 saturated carbocycles. The van der Waals surface area contributed by atoms with E-state index in [0.717, 1.165) is 48.2 Å². The number of alkyl halides is 3. The molecule has 0 amide bonds. The van der Waals surface area contributed by atoms with E-state index in [1.165, 1.54) is 19.2 Å². The zero-order valence-electron chi connectivity index (χ0n) is 20.6. The fraction of sp³-hybridized carbons (Fsp3) is 0.481. The maximum atomic E-state index is 12.6. The highest BCUT2D eigenvalue weighted by Gasteiger charge is 2.54. The molecule has 5 rings (SSSR count). The van der Waals surface area contributed by atoms with Crippen molar-refractivity contribution in [3.63, 3.8) is 0 Å². The topological polar surface area (TPSA) is 83.6 Å². The van der Waals surface area contributed by atoms with Crippen molar-refractivity contribution in [1.29, 1.82) is 0 Å². The summed E-state index contributed by atoms with van der Waals surface area (Å²) in [5, 5.41) is 28.2. The van der Waals surface area contributed by atoms with Crippen LogP contribution in [-0.4, -0.2) is 34.4 Å². The van der Waals surface area contributed by atoms with Gasteiger partial charge < -0.3 is 19.9 Å². The highest BCUT2D eigenvalue weighted by atomic mass is 32.2. The van der Waals surface area contributed by atoms with E-state index in [4.69, 9.17) is 9.57 Å². The van der Waals surface area contributed by atoms with Crippen LogP contribution in [0, 0.1) is 17.3 Å². The standard InChI is InChI=1S/C27H29F3N2O4S/c1-26-10-9-17-18-13-24(35-2)23(33)12-20(18)22(11-19(17)21(26)7-8-25(26)31-34)32-36-14-15-3-5-16(6-4-15)37-27(28,29)30/h3-6,12-13,17,19,21,33-34H,7-11,14H2,1-2H3/b31-25-,32-22+/t17-,19-,21+,26+/m1/s1. The smallest absolute Gasteiger partial charge is 0.446 e. The summed E-state index contributed by atoms with van der Waals surface area (Å²) in [5.74, 6) is 1.29. The van der Waals surface area contributed by atoms with Gasteiger partial charge in [0.25, 0.3) is 0 Å². The van der Waals surface area contributed by atoms with E-state index in [1.807, 2.05) is 6.07 Å². The van der Waals surface area contributed by atoms with Crippen LogP contribution in [-0.2, 0) is 11.4 Å². The van der Waals surface area contributed by atoms with Crippen LogP contribution in [0.3, 0.4) is 0 Å². The van der Waals surface area contributed by atoms with Crippen LogP contribution in [0.25, 0.3) is 0 Å².